The van der Waals surface area contributed by atoms with Gasteiger partial charge in [-0.25, -0.2) is 0 Å². The molecule has 0 fully saturated rings. The highest BCUT2D eigenvalue weighted by Gasteiger charge is 2.23. The maximum Gasteiger partial charge on any atom is 0.244 e. The molecule has 0 bridgehead atoms. The van der Waals surface area contributed by atoms with E-state index in [1.807, 2.05) is 47.2 Å². The summed E-state index contributed by atoms with van der Waals surface area (Å²) in [5, 5.41) is 18.0. The van der Waals surface area contributed by atoms with E-state index in [-0.39, 0.29) is 12.5 Å². The Labute approximate surface area is 144 Å². The molecule has 3 aromatic rings. The molecule has 0 saturated carbocycles. The van der Waals surface area contributed by atoms with Gasteiger partial charge in [-0.15, -0.1) is 0 Å². The zero-order chi connectivity index (χ0) is 17.0. The first-order chi connectivity index (χ1) is 11.6. The van der Waals surface area contributed by atoms with Crippen LogP contribution in [0.5, 0.6) is 0 Å². The van der Waals surface area contributed by atoms with E-state index >= 15 is 0 Å². The Morgan fingerprint density at radius 1 is 1.33 bits per heavy atom. The topological polar surface area (TPSA) is 62.2 Å². The van der Waals surface area contributed by atoms with Crippen LogP contribution < -0.4 is 5.32 Å². The predicted molar refractivity (Wildman–Crippen MR) is 97.7 cm³/mol. The lowest BCUT2D eigenvalue weighted by Crippen LogP contribution is -2.37. The Hall–Kier alpha value is -2.50. The molecule has 2 N–H and O–H groups in total. The highest BCUT2D eigenvalue weighted by atomic mass is 32.1. The van der Waals surface area contributed by atoms with Crippen molar-refractivity contribution in [2.45, 2.75) is 12.5 Å². The molecule has 24 heavy (non-hydrogen) atoms. The molecule has 0 radical (unpaired) electrons. The smallest absolute Gasteiger partial charge is 0.244 e. The van der Waals surface area contributed by atoms with Crippen LogP contribution in [0, 0.1) is 0 Å². The SMILES string of the molecule is C[C@@](O)(CNC(=O)/C=C/c1cccc2cccnc12)c1ccsc1. The van der Waals surface area contributed by atoms with Crippen molar-refractivity contribution in [3.05, 3.63) is 70.6 Å². The zero-order valence-corrected chi connectivity index (χ0v) is 14.1. The van der Waals surface area contributed by atoms with E-state index in [1.54, 1.807) is 19.2 Å². The Bertz CT molecular complexity index is 865. The molecular formula is C19H18N2O2S. The molecular weight excluding hydrogens is 320 g/mol. The van der Waals surface area contributed by atoms with Gasteiger partial charge in [0.2, 0.25) is 5.91 Å². The Morgan fingerprint density at radius 2 is 2.17 bits per heavy atom. The van der Waals surface area contributed by atoms with Gasteiger partial charge in [-0.1, -0.05) is 24.3 Å². The monoisotopic (exact) mass is 338 g/mol. The van der Waals surface area contributed by atoms with Crippen molar-refractivity contribution in [2.24, 2.45) is 0 Å². The summed E-state index contributed by atoms with van der Waals surface area (Å²) in [5.74, 6) is -0.251. The maximum absolute atomic E-state index is 12.0. The van der Waals surface area contributed by atoms with Crippen LogP contribution in [0.1, 0.15) is 18.1 Å². The second kappa shape index (κ2) is 6.95. The number of nitrogens with zero attached hydrogens (tertiary/aromatic N) is 1. The number of rotatable bonds is 5. The number of para-hydroxylation sites is 1. The summed E-state index contributed by atoms with van der Waals surface area (Å²) in [5.41, 5.74) is 1.46. The summed E-state index contributed by atoms with van der Waals surface area (Å²) in [6.45, 7) is 1.84. The number of aliphatic hydroxyl groups is 1. The quantitative estimate of drug-likeness (QED) is 0.702. The molecule has 4 nitrogen and oxygen atoms in total. The Morgan fingerprint density at radius 3 is 2.96 bits per heavy atom. The number of thiophene rings is 1. The third-order valence-corrected chi connectivity index (χ3v) is 4.51. The van der Waals surface area contributed by atoms with Gasteiger partial charge in [0.05, 0.1) is 12.1 Å². The summed E-state index contributed by atoms with van der Waals surface area (Å²) >= 11 is 1.52. The largest absolute Gasteiger partial charge is 0.384 e. The number of pyridine rings is 1. The van der Waals surface area contributed by atoms with Crippen LogP contribution in [0.4, 0.5) is 0 Å². The normalized spacial score (nSPS) is 13.9. The van der Waals surface area contributed by atoms with Crippen LogP contribution in [-0.2, 0) is 10.4 Å². The molecule has 2 heterocycles. The number of fused-ring (bicyclic) bond motifs is 1. The number of hydrogen-bond donors (Lipinski definition) is 2. The van der Waals surface area contributed by atoms with Crippen LogP contribution in [0.25, 0.3) is 17.0 Å². The van der Waals surface area contributed by atoms with E-state index in [9.17, 15) is 9.90 Å². The van der Waals surface area contributed by atoms with E-state index in [2.05, 4.69) is 10.3 Å². The van der Waals surface area contributed by atoms with Crippen molar-refractivity contribution in [1.29, 1.82) is 0 Å². The van der Waals surface area contributed by atoms with Crippen molar-refractivity contribution in [3.8, 4) is 0 Å². The minimum atomic E-state index is -1.08. The first-order valence-electron chi connectivity index (χ1n) is 7.61. The average Bonchev–Trinajstić information content (AvgIpc) is 3.14. The summed E-state index contributed by atoms with van der Waals surface area (Å²) in [4.78, 5) is 16.4. The molecule has 0 spiro atoms. The standard InChI is InChI=1S/C19H18N2O2S/c1-19(23,16-9-11-24-12-16)13-21-17(22)8-7-15-5-2-4-14-6-3-10-20-18(14)15/h2-12,23H,13H2,1H3,(H,21,22)/b8-7+/t19-/m1/s1. The lowest BCUT2D eigenvalue weighted by atomic mass is 9.99. The van der Waals surface area contributed by atoms with Crippen molar-refractivity contribution in [1.82, 2.24) is 10.3 Å². The maximum atomic E-state index is 12.0. The van der Waals surface area contributed by atoms with Gasteiger partial charge in [0.25, 0.3) is 0 Å². The third kappa shape index (κ3) is 3.69. The lowest BCUT2D eigenvalue weighted by Gasteiger charge is -2.22. The van der Waals surface area contributed by atoms with E-state index in [0.717, 1.165) is 22.0 Å². The number of nitrogens with one attached hydrogen (secondary N) is 1. The Kier molecular flexibility index (Phi) is 4.74. The summed E-state index contributed by atoms with van der Waals surface area (Å²) in [6, 6.07) is 11.6. The second-order valence-electron chi connectivity index (χ2n) is 5.76. The predicted octanol–water partition coefficient (Wildman–Crippen LogP) is 3.33. The molecule has 2 aromatic heterocycles. The third-order valence-electron chi connectivity index (χ3n) is 3.83. The molecule has 1 aromatic carbocycles. The number of hydrogen-bond acceptors (Lipinski definition) is 4. The average molecular weight is 338 g/mol. The fraction of sp³-hybridized carbons (Fsp3) is 0.158. The Balaban J connectivity index is 1.67. The van der Waals surface area contributed by atoms with E-state index < -0.39 is 5.60 Å². The fourth-order valence-electron chi connectivity index (χ4n) is 2.42. The van der Waals surface area contributed by atoms with Gasteiger partial charge in [-0.05, 0) is 41.5 Å². The van der Waals surface area contributed by atoms with Crippen LogP contribution in [0.2, 0.25) is 0 Å². The van der Waals surface area contributed by atoms with Gasteiger partial charge in [-0.3, -0.25) is 9.78 Å². The molecule has 0 aliphatic carbocycles. The zero-order valence-electron chi connectivity index (χ0n) is 13.3. The van der Waals surface area contributed by atoms with Crippen LogP contribution in [0.15, 0.2) is 59.4 Å². The fourth-order valence-corrected chi connectivity index (χ4v) is 3.20. The molecule has 1 amide bonds. The lowest BCUT2D eigenvalue weighted by molar-refractivity contribution is -0.117. The summed E-state index contributed by atoms with van der Waals surface area (Å²) in [7, 11) is 0. The van der Waals surface area contributed by atoms with Gasteiger partial charge in [0.1, 0.15) is 5.60 Å². The molecule has 0 aliphatic heterocycles. The van der Waals surface area contributed by atoms with E-state index in [0.29, 0.717) is 0 Å². The van der Waals surface area contributed by atoms with Gasteiger partial charge in [0, 0.05) is 23.2 Å². The van der Waals surface area contributed by atoms with E-state index in [1.165, 1.54) is 17.4 Å². The molecule has 1 atom stereocenters. The minimum Gasteiger partial charge on any atom is -0.384 e. The number of aromatic nitrogens is 1. The molecule has 0 saturated heterocycles. The number of carbonyl (C=O) groups excluding carboxylic acids is 1. The van der Waals surface area contributed by atoms with Crippen molar-refractivity contribution in [2.75, 3.05) is 6.54 Å². The first-order valence-corrected chi connectivity index (χ1v) is 8.55. The van der Waals surface area contributed by atoms with Gasteiger partial charge >= 0.3 is 0 Å². The van der Waals surface area contributed by atoms with Crippen molar-refractivity contribution < 1.29 is 9.90 Å². The molecule has 3 rings (SSSR count). The van der Waals surface area contributed by atoms with Crippen molar-refractivity contribution in [3.63, 3.8) is 0 Å². The van der Waals surface area contributed by atoms with E-state index in [4.69, 9.17) is 0 Å². The highest BCUT2D eigenvalue weighted by Crippen LogP contribution is 2.22. The molecule has 122 valence electrons. The minimum absolute atomic E-state index is 0.153. The van der Waals surface area contributed by atoms with Gasteiger partial charge in [0.15, 0.2) is 0 Å². The van der Waals surface area contributed by atoms with Gasteiger partial charge in [-0.2, -0.15) is 11.3 Å². The molecule has 5 heteroatoms. The first kappa shape index (κ1) is 16.4. The highest BCUT2D eigenvalue weighted by molar-refractivity contribution is 7.08. The number of benzene rings is 1. The number of carbonyl (C=O) groups is 1. The number of amides is 1. The van der Waals surface area contributed by atoms with Crippen LogP contribution in [0.3, 0.4) is 0 Å². The van der Waals surface area contributed by atoms with Crippen LogP contribution >= 0.6 is 11.3 Å². The summed E-state index contributed by atoms with van der Waals surface area (Å²) < 4.78 is 0. The van der Waals surface area contributed by atoms with Crippen molar-refractivity contribution >= 4 is 34.2 Å². The molecule has 0 aliphatic rings. The van der Waals surface area contributed by atoms with Crippen LogP contribution in [-0.4, -0.2) is 22.5 Å². The summed E-state index contributed by atoms with van der Waals surface area (Å²) in [6.07, 6.45) is 4.94. The molecule has 0 unspecified atom stereocenters. The second-order valence-corrected chi connectivity index (χ2v) is 6.54. The van der Waals surface area contributed by atoms with Gasteiger partial charge < -0.3 is 10.4 Å².